The lowest BCUT2D eigenvalue weighted by Crippen LogP contribution is -2.14. The average molecular weight is 307 g/mol. The van der Waals surface area contributed by atoms with Gasteiger partial charge in [0.05, 0.1) is 15.5 Å². The van der Waals surface area contributed by atoms with Gasteiger partial charge in [-0.1, -0.05) is 0 Å². The molecule has 1 aromatic heterocycles. The zero-order valence-electron chi connectivity index (χ0n) is 11.4. The summed E-state index contributed by atoms with van der Waals surface area (Å²) in [5.41, 5.74) is 1.78. The zero-order chi connectivity index (χ0) is 15.8. The fraction of sp³-hybridized carbons (Fsp3) is 0.154. The summed E-state index contributed by atoms with van der Waals surface area (Å²) in [6.45, 7) is 3.58. The maximum Gasteiger partial charge on any atom is 0.270 e. The first-order chi connectivity index (χ1) is 9.68. The second-order valence-electron chi connectivity index (χ2n) is 4.65. The largest absolute Gasteiger partial charge is 0.270 e. The van der Waals surface area contributed by atoms with Crippen molar-refractivity contribution in [3.8, 4) is 11.3 Å². The molecule has 2 aromatic rings. The van der Waals surface area contributed by atoms with Crippen molar-refractivity contribution in [2.45, 2.75) is 18.7 Å². The van der Waals surface area contributed by atoms with Crippen LogP contribution in [0.1, 0.15) is 11.3 Å². The van der Waals surface area contributed by atoms with Crippen LogP contribution in [0.5, 0.6) is 0 Å². The van der Waals surface area contributed by atoms with E-state index in [1.807, 2.05) is 13.0 Å². The number of non-ortho nitro benzene ring substituents is 1. The topological polar surface area (TPSA) is 116 Å². The van der Waals surface area contributed by atoms with Crippen LogP contribution in [0.15, 0.2) is 35.2 Å². The fourth-order valence-electron chi connectivity index (χ4n) is 2.06. The van der Waals surface area contributed by atoms with Crippen molar-refractivity contribution in [3.05, 3.63) is 51.7 Å². The van der Waals surface area contributed by atoms with Crippen LogP contribution in [-0.4, -0.2) is 18.3 Å². The van der Waals surface area contributed by atoms with E-state index in [1.165, 1.54) is 6.07 Å². The van der Waals surface area contributed by atoms with Gasteiger partial charge in [0.2, 0.25) is 10.0 Å². The number of aromatic nitrogens is 1. The highest BCUT2D eigenvalue weighted by Crippen LogP contribution is 2.30. The van der Waals surface area contributed by atoms with Gasteiger partial charge in [0.15, 0.2) is 0 Å². The molecule has 7 nitrogen and oxygen atoms in total. The van der Waals surface area contributed by atoms with E-state index in [4.69, 9.17) is 5.14 Å². The Morgan fingerprint density at radius 3 is 2.38 bits per heavy atom. The number of nitrogens with two attached hydrogens (primary N) is 1. The van der Waals surface area contributed by atoms with Gasteiger partial charge < -0.3 is 0 Å². The van der Waals surface area contributed by atoms with Crippen molar-refractivity contribution in [2.24, 2.45) is 5.14 Å². The number of nitro benzene ring substituents is 1. The average Bonchev–Trinajstić information content (AvgIpc) is 2.35. The van der Waals surface area contributed by atoms with Gasteiger partial charge in [0.25, 0.3) is 5.69 Å². The third kappa shape index (κ3) is 3.23. The van der Waals surface area contributed by atoms with Crippen molar-refractivity contribution in [1.82, 2.24) is 4.98 Å². The molecule has 0 saturated carbocycles. The number of rotatable bonds is 3. The van der Waals surface area contributed by atoms with E-state index >= 15 is 0 Å². The summed E-state index contributed by atoms with van der Waals surface area (Å²) in [5.74, 6) is 0. The Bertz CT molecular complexity index is 811. The minimum Gasteiger partial charge on any atom is -0.258 e. The quantitative estimate of drug-likeness (QED) is 0.686. The summed E-state index contributed by atoms with van der Waals surface area (Å²) in [6, 6.07) is 6.87. The minimum atomic E-state index is -4.01. The van der Waals surface area contributed by atoms with E-state index in [9.17, 15) is 18.5 Å². The number of nitro groups is 1. The summed E-state index contributed by atoms with van der Waals surface area (Å²) in [6.07, 6.45) is 0. The van der Waals surface area contributed by atoms with Gasteiger partial charge in [-0.15, -0.1) is 0 Å². The SMILES string of the molecule is Cc1cc(C)nc(-c2cc([N+](=O)[O-])ccc2S(N)(=O)=O)c1. The number of benzene rings is 1. The van der Waals surface area contributed by atoms with Gasteiger partial charge in [-0.25, -0.2) is 13.6 Å². The lowest BCUT2D eigenvalue weighted by atomic mass is 10.1. The molecule has 21 heavy (non-hydrogen) atoms. The van der Waals surface area contributed by atoms with Crippen LogP contribution in [0, 0.1) is 24.0 Å². The van der Waals surface area contributed by atoms with Crippen molar-refractivity contribution < 1.29 is 13.3 Å². The normalized spacial score (nSPS) is 11.4. The molecule has 0 amide bonds. The molecule has 2 N–H and O–H groups in total. The van der Waals surface area contributed by atoms with Gasteiger partial charge in [-0.05, 0) is 37.6 Å². The van der Waals surface area contributed by atoms with E-state index < -0.39 is 14.9 Å². The maximum absolute atomic E-state index is 11.7. The predicted molar refractivity (Wildman–Crippen MR) is 77.2 cm³/mol. The molecule has 1 aromatic carbocycles. The number of primary sulfonamides is 1. The standard InChI is InChI=1S/C13H13N3O4S/c1-8-5-9(2)15-12(6-8)11-7-10(16(17)18)3-4-13(11)21(14,19)20/h3-7H,1-2H3,(H2,14,19,20). The molecule has 0 fully saturated rings. The Labute approximate surface area is 121 Å². The first kappa shape index (κ1) is 15.1. The second-order valence-corrected chi connectivity index (χ2v) is 6.18. The molecular weight excluding hydrogens is 294 g/mol. The van der Waals surface area contributed by atoms with Crippen LogP contribution in [0.25, 0.3) is 11.3 Å². The Morgan fingerprint density at radius 1 is 1.19 bits per heavy atom. The highest BCUT2D eigenvalue weighted by Gasteiger charge is 2.20. The molecular formula is C13H13N3O4S. The molecule has 0 aliphatic rings. The number of sulfonamides is 1. The lowest BCUT2D eigenvalue weighted by molar-refractivity contribution is -0.384. The summed E-state index contributed by atoms with van der Waals surface area (Å²) in [7, 11) is -4.01. The van der Waals surface area contributed by atoms with E-state index in [0.717, 1.165) is 17.7 Å². The number of nitrogens with zero attached hydrogens (tertiary/aromatic N) is 2. The van der Waals surface area contributed by atoms with E-state index in [-0.39, 0.29) is 16.1 Å². The van der Waals surface area contributed by atoms with Gasteiger partial charge in [0.1, 0.15) is 0 Å². The molecule has 2 rings (SSSR count). The van der Waals surface area contributed by atoms with Crippen LogP contribution < -0.4 is 5.14 Å². The van der Waals surface area contributed by atoms with E-state index in [2.05, 4.69) is 4.98 Å². The zero-order valence-corrected chi connectivity index (χ0v) is 12.2. The Morgan fingerprint density at radius 2 is 1.86 bits per heavy atom. The van der Waals surface area contributed by atoms with E-state index in [0.29, 0.717) is 11.4 Å². The third-order valence-electron chi connectivity index (χ3n) is 2.85. The van der Waals surface area contributed by atoms with Crippen molar-refractivity contribution in [2.75, 3.05) is 0 Å². The highest BCUT2D eigenvalue weighted by molar-refractivity contribution is 7.89. The Kier molecular flexibility index (Phi) is 3.75. The molecule has 0 bridgehead atoms. The van der Waals surface area contributed by atoms with Gasteiger partial charge in [0, 0.05) is 23.4 Å². The summed E-state index contributed by atoms with van der Waals surface area (Å²) < 4.78 is 23.3. The Balaban J connectivity index is 2.80. The molecule has 0 spiro atoms. The van der Waals surface area contributed by atoms with Crippen molar-refractivity contribution >= 4 is 15.7 Å². The lowest BCUT2D eigenvalue weighted by Gasteiger charge is -2.09. The minimum absolute atomic E-state index is 0.124. The number of pyridine rings is 1. The molecule has 0 radical (unpaired) electrons. The first-order valence-electron chi connectivity index (χ1n) is 5.95. The van der Waals surface area contributed by atoms with Gasteiger partial charge in [-0.3, -0.25) is 15.1 Å². The maximum atomic E-state index is 11.7. The van der Waals surface area contributed by atoms with Crippen LogP contribution in [-0.2, 0) is 10.0 Å². The molecule has 110 valence electrons. The van der Waals surface area contributed by atoms with Crippen LogP contribution in [0.3, 0.4) is 0 Å². The number of hydrogen-bond acceptors (Lipinski definition) is 5. The summed E-state index contributed by atoms with van der Waals surface area (Å²) in [5, 5.41) is 16.1. The third-order valence-corrected chi connectivity index (χ3v) is 3.82. The highest BCUT2D eigenvalue weighted by atomic mass is 32.2. The van der Waals surface area contributed by atoms with Crippen molar-refractivity contribution in [1.29, 1.82) is 0 Å². The van der Waals surface area contributed by atoms with Crippen LogP contribution in [0.2, 0.25) is 0 Å². The van der Waals surface area contributed by atoms with Crippen LogP contribution in [0.4, 0.5) is 5.69 Å². The Hall–Kier alpha value is -2.32. The van der Waals surface area contributed by atoms with Gasteiger partial charge >= 0.3 is 0 Å². The van der Waals surface area contributed by atoms with E-state index in [1.54, 1.807) is 13.0 Å². The van der Waals surface area contributed by atoms with Crippen LogP contribution >= 0.6 is 0 Å². The number of aryl methyl sites for hydroxylation is 2. The van der Waals surface area contributed by atoms with Crippen molar-refractivity contribution in [3.63, 3.8) is 0 Å². The predicted octanol–water partition coefficient (Wildman–Crippen LogP) is 1.92. The summed E-state index contributed by atoms with van der Waals surface area (Å²) >= 11 is 0. The molecule has 0 aliphatic heterocycles. The molecule has 0 atom stereocenters. The smallest absolute Gasteiger partial charge is 0.258 e. The molecule has 1 heterocycles. The second kappa shape index (κ2) is 5.23. The monoisotopic (exact) mass is 307 g/mol. The first-order valence-corrected chi connectivity index (χ1v) is 7.50. The molecule has 8 heteroatoms. The summed E-state index contributed by atoms with van der Waals surface area (Å²) in [4.78, 5) is 14.3. The molecule has 0 aliphatic carbocycles. The fourth-order valence-corrected chi connectivity index (χ4v) is 2.79. The molecule has 0 saturated heterocycles. The molecule has 0 unspecified atom stereocenters. The van der Waals surface area contributed by atoms with Gasteiger partial charge in [-0.2, -0.15) is 0 Å². The number of hydrogen-bond donors (Lipinski definition) is 1.